The molecule has 3 rings (SSSR count). The lowest BCUT2D eigenvalue weighted by molar-refractivity contribution is -0.137. The molecular weight excluding hydrogens is 421 g/mol. The molecule has 33 heavy (non-hydrogen) atoms. The van der Waals surface area contributed by atoms with Crippen LogP contribution in [-0.4, -0.2) is 11.2 Å². The van der Waals surface area contributed by atoms with Crippen LogP contribution in [0.3, 0.4) is 0 Å². The molecule has 0 spiro atoms. The van der Waals surface area contributed by atoms with Crippen LogP contribution in [0.15, 0.2) is 24.3 Å². The number of rotatable bonds is 8. The highest BCUT2D eigenvalue weighted by atomic mass is 19.4. The van der Waals surface area contributed by atoms with Crippen molar-refractivity contribution < 1.29 is 18.3 Å². The minimum Gasteiger partial charge on any atom is -0.380 e. The van der Waals surface area contributed by atoms with E-state index in [1.165, 1.54) is 82.8 Å². The highest BCUT2D eigenvalue weighted by molar-refractivity contribution is 5.37. The van der Waals surface area contributed by atoms with E-state index in [4.69, 9.17) is 0 Å². The molecule has 0 aromatic heterocycles. The molecule has 2 aliphatic carbocycles. The SMILES string of the molecule is CCCCC1CCC(CCC2CCC(CC(O)C#Cc3ccc(C(F)(F)F)cc3)CC2)CC1. The first-order valence-electron chi connectivity index (χ1n) is 13.2. The fraction of sp³-hybridized carbons (Fsp3) is 0.724. The zero-order valence-corrected chi connectivity index (χ0v) is 20.2. The predicted octanol–water partition coefficient (Wildman–Crippen LogP) is 8.39. The van der Waals surface area contributed by atoms with Gasteiger partial charge in [-0.1, -0.05) is 102 Å². The van der Waals surface area contributed by atoms with Gasteiger partial charge in [0.15, 0.2) is 0 Å². The molecule has 1 aromatic rings. The van der Waals surface area contributed by atoms with Gasteiger partial charge in [-0.3, -0.25) is 0 Å². The maximum absolute atomic E-state index is 12.6. The third-order valence-corrected chi connectivity index (χ3v) is 8.03. The van der Waals surface area contributed by atoms with Gasteiger partial charge in [-0.2, -0.15) is 13.2 Å². The van der Waals surface area contributed by atoms with Gasteiger partial charge in [0.25, 0.3) is 0 Å². The normalized spacial score (nSPS) is 26.9. The monoisotopic (exact) mass is 462 g/mol. The number of aliphatic hydroxyl groups excluding tert-OH is 1. The summed E-state index contributed by atoms with van der Waals surface area (Å²) in [6, 6.07) is 4.81. The fourth-order valence-electron chi connectivity index (χ4n) is 5.81. The van der Waals surface area contributed by atoms with Crippen LogP contribution < -0.4 is 0 Å². The van der Waals surface area contributed by atoms with E-state index in [-0.39, 0.29) is 0 Å². The Balaban J connectivity index is 1.32. The lowest BCUT2D eigenvalue weighted by atomic mass is 9.74. The van der Waals surface area contributed by atoms with Crippen molar-refractivity contribution in [1.82, 2.24) is 0 Å². The van der Waals surface area contributed by atoms with Crippen LogP contribution in [0.4, 0.5) is 13.2 Å². The van der Waals surface area contributed by atoms with E-state index in [0.29, 0.717) is 17.9 Å². The molecule has 0 saturated heterocycles. The Morgan fingerprint density at radius 1 is 0.818 bits per heavy atom. The van der Waals surface area contributed by atoms with Crippen molar-refractivity contribution in [2.24, 2.45) is 23.7 Å². The number of hydrogen-bond donors (Lipinski definition) is 1. The minimum atomic E-state index is -4.34. The molecular formula is C29H41F3O. The van der Waals surface area contributed by atoms with Crippen molar-refractivity contribution in [1.29, 1.82) is 0 Å². The summed E-state index contributed by atoms with van der Waals surface area (Å²) in [6.07, 6.45) is 13.2. The van der Waals surface area contributed by atoms with Crippen LogP contribution in [-0.2, 0) is 6.18 Å². The standard InChI is InChI=1S/C29H41F3O/c1-2-3-4-22-5-7-23(8-6-22)9-10-24-11-13-26(14-12-24)21-28(33)20-17-25-15-18-27(19-16-25)29(30,31)32/h15-16,18-19,22-24,26,28,33H,2-14,21H2,1H3. The molecule has 2 saturated carbocycles. The number of benzene rings is 1. The van der Waals surface area contributed by atoms with Crippen molar-refractivity contribution >= 4 is 0 Å². The Morgan fingerprint density at radius 2 is 1.30 bits per heavy atom. The summed E-state index contributed by atoms with van der Waals surface area (Å²) in [5.74, 6) is 8.94. The highest BCUT2D eigenvalue weighted by Gasteiger charge is 2.30. The molecule has 1 nitrogen and oxygen atoms in total. The molecule has 2 aliphatic rings. The summed E-state index contributed by atoms with van der Waals surface area (Å²) in [4.78, 5) is 0. The molecule has 0 aliphatic heterocycles. The maximum Gasteiger partial charge on any atom is 0.416 e. The minimum absolute atomic E-state index is 0.505. The van der Waals surface area contributed by atoms with E-state index in [9.17, 15) is 18.3 Å². The molecule has 0 amide bonds. The molecule has 1 aromatic carbocycles. The van der Waals surface area contributed by atoms with E-state index >= 15 is 0 Å². The second-order valence-corrected chi connectivity index (χ2v) is 10.6. The number of alkyl halides is 3. The average molecular weight is 463 g/mol. The molecule has 2 fully saturated rings. The largest absolute Gasteiger partial charge is 0.416 e. The van der Waals surface area contributed by atoms with Crippen LogP contribution in [0.5, 0.6) is 0 Å². The second kappa shape index (κ2) is 12.8. The van der Waals surface area contributed by atoms with Crippen molar-refractivity contribution in [2.45, 2.75) is 109 Å². The lowest BCUT2D eigenvalue weighted by Crippen LogP contribution is -2.20. The van der Waals surface area contributed by atoms with Crippen molar-refractivity contribution in [3.63, 3.8) is 0 Å². The van der Waals surface area contributed by atoms with Crippen molar-refractivity contribution in [3.8, 4) is 11.8 Å². The van der Waals surface area contributed by atoms with Crippen molar-refractivity contribution in [3.05, 3.63) is 35.4 Å². The third kappa shape index (κ3) is 9.01. The van der Waals surface area contributed by atoms with E-state index in [1.807, 2.05) is 0 Å². The zero-order valence-electron chi connectivity index (χ0n) is 20.2. The predicted molar refractivity (Wildman–Crippen MR) is 129 cm³/mol. The van der Waals surface area contributed by atoms with Crippen LogP contribution >= 0.6 is 0 Å². The highest BCUT2D eigenvalue weighted by Crippen LogP contribution is 2.38. The van der Waals surface area contributed by atoms with Gasteiger partial charge in [0, 0.05) is 5.56 Å². The summed E-state index contributed by atoms with van der Waals surface area (Å²) >= 11 is 0. The third-order valence-electron chi connectivity index (χ3n) is 8.03. The maximum atomic E-state index is 12.6. The molecule has 1 atom stereocenters. The summed E-state index contributed by atoms with van der Waals surface area (Å²) in [6.45, 7) is 2.29. The fourth-order valence-corrected chi connectivity index (χ4v) is 5.81. The summed E-state index contributed by atoms with van der Waals surface area (Å²) < 4.78 is 37.9. The van der Waals surface area contributed by atoms with Gasteiger partial charge in [0.1, 0.15) is 6.10 Å². The quantitative estimate of drug-likeness (QED) is 0.385. The molecule has 4 heteroatoms. The van der Waals surface area contributed by atoms with Gasteiger partial charge >= 0.3 is 6.18 Å². The van der Waals surface area contributed by atoms with E-state index in [2.05, 4.69) is 18.8 Å². The first-order chi connectivity index (χ1) is 15.8. The molecule has 1 unspecified atom stereocenters. The van der Waals surface area contributed by atoms with Gasteiger partial charge in [-0.15, -0.1) is 0 Å². The number of hydrogen-bond acceptors (Lipinski definition) is 1. The molecule has 0 radical (unpaired) electrons. The smallest absolute Gasteiger partial charge is 0.380 e. The Labute approximate surface area is 198 Å². The van der Waals surface area contributed by atoms with Crippen LogP contribution in [0.2, 0.25) is 0 Å². The Morgan fingerprint density at radius 3 is 1.79 bits per heavy atom. The summed E-state index contributed by atoms with van der Waals surface area (Å²) in [5, 5.41) is 10.3. The van der Waals surface area contributed by atoms with Gasteiger partial charge in [0.05, 0.1) is 5.56 Å². The van der Waals surface area contributed by atoms with Gasteiger partial charge in [-0.05, 0) is 54.4 Å². The van der Waals surface area contributed by atoms with E-state index in [1.54, 1.807) is 0 Å². The Kier molecular flexibility index (Phi) is 10.2. The molecule has 0 bridgehead atoms. The summed E-state index contributed by atoms with van der Waals surface area (Å²) in [7, 11) is 0. The van der Waals surface area contributed by atoms with Crippen LogP contribution in [0.25, 0.3) is 0 Å². The topological polar surface area (TPSA) is 20.2 Å². The summed E-state index contributed by atoms with van der Waals surface area (Å²) in [5.41, 5.74) is -0.171. The van der Waals surface area contributed by atoms with Crippen LogP contribution in [0.1, 0.15) is 108 Å². The average Bonchev–Trinajstić information content (AvgIpc) is 2.81. The number of halogens is 3. The van der Waals surface area contributed by atoms with Crippen molar-refractivity contribution in [2.75, 3.05) is 0 Å². The van der Waals surface area contributed by atoms with Gasteiger partial charge in [0.2, 0.25) is 0 Å². The first kappa shape index (κ1) is 26.1. The van der Waals surface area contributed by atoms with E-state index < -0.39 is 17.8 Å². The zero-order chi connectivity index (χ0) is 23.7. The van der Waals surface area contributed by atoms with Gasteiger partial charge in [-0.25, -0.2) is 0 Å². The van der Waals surface area contributed by atoms with Gasteiger partial charge < -0.3 is 5.11 Å². The number of unbranched alkanes of at least 4 members (excludes halogenated alkanes) is 1. The number of aliphatic hydroxyl groups is 1. The molecule has 1 N–H and O–H groups in total. The molecule has 0 heterocycles. The Bertz CT molecular complexity index is 742. The second-order valence-electron chi connectivity index (χ2n) is 10.6. The molecule has 184 valence electrons. The van der Waals surface area contributed by atoms with E-state index in [0.717, 1.165) is 42.7 Å². The Hall–Kier alpha value is -1.47. The first-order valence-corrected chi connectivity index (χ1v) is 13.2. The lowest BCUT2D eigenvalue weighted by Gasteiger charge is -2.32. The van der Waals surface area contributed by atoms with Crippen LogP contribution in [0, 0.1) is 35.5 Å².